The van der Waals surface area contributed by atoms with Gasteiger partial charge in [0.1, 0.15) is 5.58 Å². The van der Waals surface area contributed by atoms with Crippen LogP contribution < -0.4 is 15.2 Å². The highest BCUT2D eigenvalue weighted by Gasteiger charge is 2.23. The summed E-state index contributed by atoms with van der Waals surface area (Å²) in [6, 6.07) is 14.9. The number of carbonyl (C=O) groups is 1. The molecule has 7 heteroatoms. The highest BCUT2D eigenvalue weighted by molar-refractivity contribution is 5.98. The Labute approximate surface area is 187 Å². The quantitative estimate of drug-likeness (QED) is 0.611. The van der Waals surface area contributed by atoms with Crippen molar-refractivity contribution in [2.45, 2.75) is 13.0 Å². The summed E-state index contributed by atoms with van der Waals surface area (Å²) < 4.78 is 11.8. The van der Waals surface area contributed by atoms with Crippen LogP contribution in [-0.4, -0.2) is 58.3 Å². The molecule has 0 radical (unpaired) electrons. The predicted octanol–water partition coefficient (Wildman–Crippen LogP) is 3.53. The largest absolute Gasteiger partial charge is 0.440 e. The van der Waals surface area contributed by atoms with E-state index in [0.29, 0.717) is 48.7 Å². The molecule has 1 saturated heterocycles. The van der Waals surface area contributed by atoms with E-state index in [0.717, 1.165) is 11.3 Å². The van der Waals surface area contributed by atoms with Crippen LogP contribution in [0.15, 0.2) is 57.7 Å². The number of hydrogen-bond acceptors (Lipinski definition) is 6. The number of anilines is 2. The monoisotopic (exact) mass is 435 g/mol. The second-order valence-corrected chi connectivity index (χ2v) is 8.31. The summed E-state index contributed by atoms with van der Waals surface area (Å²) in [5.74, 6) is 0.382. The number of nitrogens with zero attached hydrogens (tertiary/aromatic N) is 3. The molecule has 0 bridgehead atoms. The lowest BCUT2D eigenvalue weighted by Gasteiger charge is -2.30. The van der Waals surface area contributed by atoms with Gasteiger partial charge in [-0.1, -0.05) is 18.2 Å². The topological polar surface area (TPSA) is 66.2 Å². The average molecular weight is 436 g/mol. The van der Waals surface area contributed by atoms with Crippen LogP contribution in [0.5, 0.6) is 0 Å². The Kier molecular flexibility index (Phi) is 6.19. The number of carbonyl (C=O) groups excluding carboxylic acids is 1. The van der Waals surface area contributed by atoms with E-state index >= 15 is 0 Å². The molecule has 1 amide bonds. The Morgan fingerprint density at radius 2 is 1.72 bits per heavy atom. The van der Waals surface area contributed by atoms with Crippen LogP contribution in [0, 0.1) is 0 Å². The van der Waals surface area contributed by atoms with Gasteiger partial charge in [-0.25, -0.2) is 0 Å². The van der Waals surface area contributed by atoms with Crippen molar-refractivity contribution in [3.63, 3.8) is 0 Å². The summed E-state index contributed by atoms with van der Waals surface area (Å²) >= 11 is 0. The zero-order chi connectivity index (χ0) is 22.8. The normalized spacial score (nSPS) is 14.9. The molecule has 0 N–H and O–H groups in total. The van der Waals surface area contributed by atoms with E-state index in [4.69, 9.17) is 9.15 Å². The third-order valence-electron chi connectivity index (χ3n) is 6.01. The van der Waals surface area contributed by atoms with E-state index in [1.54, 1.807) is 20.2 Å². The van der Waals surface area contributed by atoms with E-state index in [2.05, 4.69) is 4.90 Å². The molecule has 1 aromatic heterocycles. The molecule has 168 valence electrons. The Hall–Kier alpha value is -3.32. The number of hydrogen-bond donors (Lipinski definition) is 0. The van der Waals surface area contributed by atoms with Gasteiger partial charge in [0, 0.05) is 57.1 Å². The first-order valence-electron chi connectivity index (χ1n) is 10.8. The highest BCUT2D eigenvalue weighted by Crippen LogP contribution is 2.33. The lowest BCUT2D eigenvalue weighted by molar-refractivity contribution is 0.0827. The first-order valence-corrected chi connectivity index (χ1v) is 10.8. The SMILES string of the molecule is CC(c1cc(C(=O)N(C)C)cc2c(=O)cc(N3CCOCC3)oc12)N(C)c1ccccc1. The van der Waals surface area contributed by atoms with Crippen LogP contribution in [0.25, 0.3) is 11.0 Å². The summed E-state index contributed by atoms with van der Waals surface area (Å²) in [6.07, 6.45) is 0. The second-order valence-electron chi connectivity index (χ2n) is 8.31. The molecule has 0 spiro atoms. The molecule has 2 aromatic carbocycles. The molecule has 3 aromatic rings. The van der Waals surface area contributed by atoms with Gasteiger partial charge in [-0.2, -0.15) is 0 Å². The van der Waals surface area contributed by atoms with Crippen molar-refractivity contribution in [3.8, 4) is 0 Å². The molecule has 0 saturated carbocycles. The average Bonchev–Trinajstić information content (AvgIpc) is 2.83. The zero-order valence-electron chi connectivity index (χ0n) is 19.0. The van der Waals surface area contributed by atoms with Crippen LogP contribution in [0.3, 0.4) is 0 Å². The van der Waals surface area contributed by atoms with Crippen molar-refractivity contribution in [3.05, 3.63) is 69.9 Å². The summed E-state index contributed by atoms with van der Waals surface area (Å²) in [4.78, 5) is 31.6. The first kappa shape index (κ1) is 21.9. The molecular weight excluding hydrogens is 406 g/mol. The fourth-order valence-electron chi connectivity index (χ4n) is 4.00. The van der Waals surface area contributed by atoms with Crippen molar-refractivity contribution in [2.24, 2.45) is 0 Å². The molecule has 7 nitrogen and oxygen atoms in total. The minimum absolute atomic E-state index is 0.141. The van der Waals surface area contributed by atoms with Gasteiger partial charge >= 0.3 is 0 Å². The second kappa shape index (κ2) is 9.04. The molecule has 0 aliphatic carbocycles. The van der Waals surface area contributed by atoms with E-state index < -0.39 is 0 Å². The lowest BCUT2D eigenvalue weighted by atomic mass is 9.99. The van der Waals surface area contributed by atoms with Gasteiger partial charge in [0.05, 0.1) is 24.6 Å². The Bertz CT molecular complexity index is 1170. The van der Waals surface area contributed by atoms with E-state index in [1.165, 1.54) is 11.0 Å². The molecule has 1 unspecified atom stereocenters. The van der Waals surface area contributed by atoms with Crippen LogP contribution in [0.4, 0.5) is 11.6 Å². The van der Waals surface area contributed by atoms with E-state index in [1.807, 2.05) is 55.3 Å². The van der Waals surface area contributed by atoms with Crippen LogP contribution in [-0.2, 0) is 4.74 Å². The van der Waals surface area contributed by atoms with Crippen LogP contribution in [0.2, 0.25) is 0 Å². The zero-order valence-corrected chi connectivity index (χ0v) is 19.0. The van der Waals surface area contributed by atoms with Crippen molar-refractivity contribution in [2.75, 3.05) is 57.2 Å². The minimum atomic E-state index is -0.156. The van der Waals surface area contributed by atoms with Crippen molar-refractivity contribution in [1.29, 1.82) is 0 Å². The maximum atomic E-state index is 13.1. The van der Waals surface area contributed by atoms with Crippen LogP contribution in [0.1, 0.15) is 28.9 Å². The van der Waals surface area contributed by atoms with Crippen LogP contribution >= 0.6 is 0 Å². The first-order chi connectivity index (χ1) is 15.4. The number of benzene rings is 2. The van der Waals surface area contributed by atoms with E-state index in [9.17, 15) is 9.59 Å². The molecular formula is C25H29N3O4. The summed E-state index contributed by atoms with van der Waals surface area (Å²) in [7, 11) is 5.40. The van der Waals surface area contributed by atoms with Crippen molar-refractivity contribution < 1.29 is 13.9 Å². The molecule has 1 fully saturated rings. The lowest BCUT2D eigenvalue weighted by Crippen LogP contribution is -2.36. The Morgan fingerprint density at radius 1 is 1.03 bits per heavy atom. The maximum Gasteiger partial charge on any atom is 0.253 e. The van der Waals surface area contributed by atoms with Gasteiger partial charge < -0.3 is 23.9 Å². The third kappa shape index (κ3) is 4.21. The Balaban J connectivity index is 1.89. The minimum Gasteiger partial charge on any atom is -0.440 e. The molecule has 1 aliphatic heterocycles. The van der Waals surface area contributed by atoms with Gasteiger partial charge in [0.2, 0.25) is 0 Å². The molecule has 32 heavy (non-hydrogen) atoms. The Morgan fingerprint density at radius 3 is 2.38 bits per heavy atom. The van der Waals surface area contributed by atoms with Gasteiger partial charge in [-0.15, -0.1) is 0 Å². The summed E-state index contributed by atoms with van der Waals surface area (Å²) in [5.41, 5.74) is 2.66. The number of rotatable bonds is 5. The molecule has 4 rings (SSSR count). The molecule has 1 atom stereocenters. The van der Waals surface area contributed by atoms with Crippen molar-refractivity contribution >= 4 is 28.4 Å². The smallest absolute Gasteiger partial charge is 0.253 e. The fourth-order valence-corrected chi connectivity index (χ4v) is 4.00. The number of para-hydroxylation sites is 1. The third-order valence-corrected chi connectivity index (χ3v) is 6.01. The van der Waals surface area contributed by atoms with Gasteiger partial charge in [-0.05, 0) is 31.2 Å². The summed E-state index contributed by atoms with van der Waals surface area (Å²) in [5, 5.41) is 0.415. The van der Waals surface area contributed by atoms with Gasteiger partial charge in [0.25, 0.3) is 5.91 Å². The number of fused-ring (bicyclic) bond motifs is 1. The summed E-state index contributed by atoms with van der Waals surface area (Å²) in [6.45, 7) is 4.57. The highest BCUT2D eigenvalue weighted by atomic mass is 16.5. The maximum absolute atomic E-state index is 13.1. The van der Waals surface area contributed by atoms with Gasteiger partial charge in [0.15, 0.2) is 11.3 Å². The molecule has 1 aliphatic rings. The van der Waals surface area contributed by atoms with E-state index in [-0.39, 0.29) is 17.4 Å². The van der Waals surface area contributed by atoms with Gasteiger partial charge in [-0.3, -0.25) is 9.59 Å². The molecule has 2 heterocycles. The number of morpholine rings is 1. The van der Waals surface area contributed by atoms with Crippen molar-refractivity contribution in [1.82, 2.24) is 4.90 Å². The number of amides is 1. The standard InChI is InChI=1S/C25H29N3O4/c1-17(27(4)19-8-6-5-7-9-19)20-14-18(25(30)26(2)3)15-21-22(29)16-23(32-24(20)21)28-10-12-31-13-11-28/h5-9,14-17H,10-13H2,1-4H3. The number of ether oxygens (including phenoxy) is 1. The fraction of sp³-hybridized carbons (Fsp3) is 0.360. The predicted molar refractivity (Wildman–Crippen MR) is 127 cm³/mol.